The molecule has 5 aromatic carbocycles. The van der Waals surface area contributed by atoms with Crippen LogP contribution in [0.5, 0.6) is 23.0 Å². The Morgan fingerprint density at radius 2 is 1.43 bits per heavy atom. The average molecular weight is 693 g/mol. The number of halogens is 1. The highest BCUT2D eigenvalue weighted by molar-refractivity contribution is 6.09. The molecule has 1 heterocycles. The molecule has 51 heavy (non-hydrogen) atoms. The van der Waals surface area contributed by atoms with Gasteiger partial charge in [-0.25, -0.2) is 4.39 Å². The quantitative estimate of drug-likeness (QED) is 0.117. The van der Waals surface area contributed by atoms with Crippen molar-refractivity contribution in [3.63, 3.8) is 0 Å². The van der Waals surface area contributed by atoms with Crippen LogP contribution in [0.4, 0.5) is 4.39 Å². The van der Waals surface area contributed by atoms with Crippen LogP contribution in [0.25, 0.3) is 28.0 Å². The molecule has 0 saturated carbocycles. The minimum atomic E-state index is -1.16. The molecule has 264 valence electrons. The summed E-state index contributed by atoms with van der Waals surface area (Å²) in [5, 5.41) is 20.3. The van der Waals surface area contributed by atoms with Crippen LogP contribution in [0.3, 0.4) is 0 Å². The van der Waals surface area contributed by atoms with Crippen LogP contribution < -0.4 is 18.9 Å². The zero-order valence-electron chi connectivity index (χ0n) is 28.9. The van der Waals surface area contributed by atoms with Crippen molar-refractivity contribution in [1.82, 2.24) is 0 Å². The van der Waals surface area contributed by atoms with Gasteiger partial charge in [0.15, 0.2) is 17.1 Å². The summed E-state index contributed by atoms with van der Waals surface area (Å²) in [5.74, 6) is 1.99. The van der Waals surface area contributed by atoms with Crippen LogP contribution >= 0.6 is 0 Å². The lowest BCUT2D eigenvalue weighted by atomic mass is 9.79. The van der Waals surface area contributed by atoms with Crippen molar-refractivity contribution in [2.45, 2.75) is 24.5 Å². The third-order valence-corrected chi connectivity index (χ3v) is 9.81. The molecule has 0 saturated heterocycles. The number of aliphatic hydroxyl groups is 2. The second-order valence-corrected chi connectivity index (χ2v) is 12.4. The van der Waals surface area contributed by atoms with E-state index in [1.54, 1.807) is 26.4 Å². The summed E-state index contributed by atoms with van der Waals surface area (Å²) >= 11 is 0. The van der Waals surface area contributed by atoms with Gasteiger partial charge in [0, 0.05) is 27.6 Å². The van der Waals surface area contributed by atoms with Gasteiger partial charge in [-0.1, -0.05) is 61.5 Å². The highest BCUT2D eigenvalue weighted by atomic mass is 19.1. The van der Waals surface area contributed by atoms with E-state index in [2.05, 4.69) is 25.1 Å². The molecule has 2 atom stereocenters. The SMILES string of the molecule is CCC1(OCCOCCO)c2ccccc2-c2c1c1c(c3cc(OC)c(OC)cc23)OC(c2ccc(F)cc2)(c2ccc(OCCO)cc2)C=C1. The van der Waals surface area contributed by atoms with Crippen molar-refractivity contribution >= 4 is 16.8 Å². The van der Waals surface area contributed by atoms with Crippen LogP contribution in [0.2, 0.25) is 0 Å². The van der Waals surface area contributed by atoms with E-state index in [0.717, 1.165) is 49.7 Å². The Hall–Kier alpha value is -4.93. The first-order valence-electron chi connectivity index (χ1n) is 17.1. The molecule has 2 aliphatic rings. The Balaban J connectivity index is 1.51. The minimum Gasteiger partial charge on any atom is -0.493 e. The predicted octanol–water partition coefficient (Wildman–Crippen LogP) is 7.38. The molecule has 7 rings (SSSR count). The number of aliphatic hydroxyl groups excluding tert-OH is 2. The van der Waals surface area contributed by atoms with E-state index in [0.29, 0.717) is 42.6 Å². The fourth-order valence-electron chi connectivity index (χ4n) is 7.55. The summed E-state index contributed by atoms with van der Waals surface area (Å²) in [5.41, 5.74) is 4.45. The van der Waals surface area contributed by atoms with E-state index in [1.807, 2.05) is 54.6 Å². The second kappa shape index (κ2) is 14.4. The summed E-state index contributed by atoms with van der Waals surface area (Å²) in [4.78, 5) is 0. The van der Waals surface area contributed by atoms with E-state index in [4.69, 9.17) is 28.4 Å². The molecule has 5 aromatic rings. The minimum absolute atomic E-state index is 0.0638. The van der Waals surface area contributed by atoms with Crippen molar-refractivity contribution in [3.05, 3.63) is 125 Å². The Morgan fingerprint density at radius 3 is 2.10 bits per heavy atom. The Bertz CT molecular complexity index is 2060. The molecular weight excluding hydrogens is 651 g/mol. The molecular formula is C42H41FO8. The molecule has 0 radical (unpaired) electrons. The smallest absolute Gasteiger partial charge is 0.178 e. The molecule has 2 N–H and O–H groups in total. The first-order valence-corrected chi connectivity index (χ1v) is 17.1. The maximum atomic E-state index is 14.4. The lowest BCUT2D eigenvalue weighted by Gasteiger charge is -2.39. The number of fused-ring (bicyclic) bond motifs is 8. The summed E-state index contributed by atoms with van der Waals surface area (Å²) in [6.07, 6.45) is 4.73. The lowest BCUT2D eigenvalue weighted by molar-refractivity contribution is -0.0499. The predicted molar refractivity (Wildman–Crippen MR) is 193 cm³/mol. The third kappa shape index (κ3) is 5.80. The number of ether oxygens (including phenoxy) is 6. The van der Waals surface area contributed by atoms with Crippen molar-refractivity contribution < 1.29 is 43.0 Å². The molecule has 0 bridgehead atoms. The van der Waals surface area contributed by atoms with E-state index in [1.165, 1.54) is 12.1 Å². The summed E-state index contributed by atoms with van der Waals surface area (Å²) in [7, 11) is 3.23. The van der Waals surface area contributed by atoms with Gasteiger partial charge in [0.1, 0.15) is 29.5 Å². The monoisotopic (exact) mass is 692 g/mol. The zero-order valence-corrected chi connectivity index (χ0v) is 28.9. The highest BCUT2D eigenvalue weighted by Gasteiger charge is 2.48. The van der Waals surface area contributed by atoms with Crippen LogP contribution in [0, 0.1) is 5.82 Å². The maximum Gasteiger partial charge on any atom is 0.178 e. The summed E-state index contributed by atoms with van der Waals surface area (Å²) < 4.78 is 51.6. The topological polar surface area (TPSA) is 95.8 Å². The number of hydrogen-bond donors (Lipinski definition) is 2. The van der Waals surface area contributed by atoms with Crippen LogP contribution in [0.15, 0.2) is 91.0 Å². The Kier molecular flexibility index (Phi) is 9.72. The van der Waals surface area contributed by atoms with Gasteiger partial charge >= 0.3 is 0 Å². The van der Waals surface area contributed by atoms with Gasteiger partial charge in [-0.15, -0.1) is 0 Å². The second-order valence-electron chi connectivity index (χ2n) is 12.4. The normalized spacial score (nSPS) is 18.5. The van der Waals surface area contributed by atoms with E-state index >= 15 is 0 Å². The highest BCUT2D eigenvalue weighted by Crippen LogP contribution is 2.60. The van der Waals surface area contributed by atoms with Crippen LogP contribution in [-0.4, -0.2) is 64.1 Å². The fraction of sp³-hybridized carbons (Fsp3) is 0.286. The van der Waals surface area contributed by atoms with E-state index in [-0.39, 0.29) is 32.2 Å². The Morgan fingerprint density at radius 1 is 0.765 bits per heavy atom. The first kappa shape index (κ1) is 34.5. The number of benzene rings is 5. The van der Waals surface area contributed by atoms with Gasteiger partial charge in [-0.2, -0.15) is 0 Å². The van der Waals surface area contributed by atoms with Gasteiger partial charge in [-0.3, -0.25) is 0 Å². The fourth-order valence-corrected chi connectivity index (χ4v) is 7.55. The Labute approximate surface area is 296 Å². The molecule has 9 heteroatoms. The van der Waals surface area contributed by atoms with E-state index < -0.39 is 11.2 Å². The summed E-state index contributed by atoms with van der Waals surface area (Å²) in [6.45, 7) is 2.97. The number of rotatable bonds is 14. The largest absolute Gasteiger partial charge is 0.493 e. The van der Waals surface area contributed by atoms with Crippen molar-refractivity contribution in [1.29, 1.82) is 0 Å². The average Bonchev–Trinajstić information content (AvgIpc) is 3.47. The first-order chi connectivity index (χ1) is 24.9. The molecule has 0 fully saturated rings. The van der Waals surface area contributed by atoms with Crippen LogP contribution in [0.1, 0.15) is 41.2 Å². The molecule has 1 aliphatic carbocycles. The lowest BCUT2D eigenvalue weighted by Crippen LogP contribution is -2.36. The summed E-state index contributed by atoms with van der Waals surface area (Å²) in [6, 6.07) is 26.1. The van der Waals surface area contributed by atoms with Gasteiger partial charge in [-0.05, 0) is 71.0 Å². The molecule has 0 amide bonds. The van der Waals surface area contributed by atoms with Gasteiger partial charge in [0.05, 0.1) is 47.3 Å². The zero-order chi connectivity index (χ0) is 35.6. The molecule has 1 aliphatic heterocycles. The molecule has 2 unspecified atom stereocenters. The van der Waals surface area contributed by atoms with Gasteiger partial charge in [0.2, 0.25) is 0 Å². The number of methoxy groups -OCH3 is 2. The molecule has 8 nitrogen and oxygen atoms in total. The maximum absolute atomic E-state index is 14.4. The standard InChI is InChI=1S/C42H41FO8/c1-4-41(50-24-23-48-21-19-44)35-8-6-5-7-31(35)38-33-25-36(46-2)37(47-3)26-34(33)40-32(39(38)41)17-18-42(51-40,27-9-13-29(43)14-10-27)28-11-15-30(16-12-28)49-22-20-45/h5-18,25-26,44-45H,4,19-24H2,1-3H3. The van der Waals surface area contributed by atoms with Crippen molar-refractivity contribution in [2.24, 2.45) is 0 Å². The molecule has 0 aromatic heterocycles. The van der Waals surface area contributed by atoms with E-state index in [9.17, 15) is 14.6 Å². The third-order valence-electron chi connectivity index (χ3n) is 9.81. The van der Waals surface area contributed by atoms with Crippen LogP contribution in [-0.2, 0) is 20.7 Å². The van der Waals surface area contributed by atoms with Gasteiger partial charge in [0.25, 0.3) is 0 Å². The van der Waals surface area contributed by atoms with Gasteiger partial charge < -0.3 is 38.6 Å². The number of hydrogen-bond acceptors (Lipinski definition) is 8. The molecule has 0 spiro atoms. The van der Waals surface area contributed by atoms with Crippen molar-refractivity contribution in [3.8, 4) is 34.1 Å². The van der Waals surface area contributed by atoms with Crippen molar-refractivity contribution in [2.75, 3.05) is 53.9 Å².